The van der Waals surface area contributed by atoms with Crippen molar-refractivity contribution >= 4 is 21.6 Å². The molecule has 1 aliphatic carbocycles. The number of nitrogens with zero attached hydrogens (tertiary/aromatic N) is 2. The highest BCUT2D eigenvalue weighted by Crippen LogP contribution is 2.41. The molecule has 0 radical (unpaired) electrons. The number of hydrogen-bond donors (Lipinski definition) is 0. The lowest BCUT2D eigenvalue weighted by molar-refractivity contribution is 0.218. The Bertz CT molecular complexity index is 1020. The Morgan fingerprint density at radius 3 is 2.56 bits per heavy atom. The molecule has 0 bridgehead atoms. The summed E-state index contributed by atoms with van der Waals surface area (Å²) in [5.74, 6) is 0.678. The van der Waals surface area contributed by atoms with E-state index in [9.17, 15) is 4.79 Å². The normalized spacial score (nSPS) is 17.3. The fourth-order valence-corrected chi connectivity index (χ4v) is 5.39. The highest BCUT2D eigenvalue weighted by molar-refractivity contribution is 7.18. The van der Waals surface area contributed by atoms with E-state index in [2.05, 4.69) is 56.9 Å². The van der Waals surface area contributed by atoms with Crippen molar-refractivity contribution in [2.24, 2.45) is 11.3 Å². The van der Waals surface area contributed by atoms with E-state index in [1.807, 2.05) is 0 Å². The van der Waals surface area contributed by atoms with Gasteiger partial charge in [0.05, 0.1) is 18.3 Å². The quantitative estimate of drug-likeness (QED) is 0.624. The van der Waals surface area contributed by atoms with Crippen LogP contribution in [0.1, 0.15) is 55.7 Å². The lowest BCUT2D eigenvalue weighted by Gasteiger charge is -2.33. The molecular formula is C23H28N2OS. The van der Waals surface area contributed by atoms with Gasteiger partial charge in [0, 0.05) is 4.88 Å². The zero-order valence-electron chi connectivity index (χ0n) is 16.7. The summed E-state index contributed by atoms with van der Waals surface area (Å²) in [4.78, 5) is 20.1. The van der Waals surface area contributed by atoms with E-state index in [4.69, 9.17) is 0 Å². The van der Waals surface area contributed by atoms with Gasteiger partial charge in [-0.25, -0.2) is 4.98 Å². The van der Waals surface area contributed by atoms with Crippen molar-refractivity contribution in [2.75, 3.05) is 0 Å². The molecule has 0 saturated carbocycles. The molecule has 1 aliphatic rings. The molecule has 1 unspecified atom stereocenters. The van der Waals surface area contributed by atoms with Crippen LogP contribution in [0.3, 0.4) is 0 Å². The number of benzene rings is 1. The largest absolute Gasteiger partial charge is 0.294 e. The second kappa shape index (κ2) is 6.90. The van der Waals surface area contributed by atoms with Crippen LogP contribution in [0.5, 0.6) is 0 Å². The monoisotopic (exact) mass is 380 g/mol. The Morgan fingerprint density at radius 1 is 1.19 bits per heavy atom. The molecule has 3 nitrogen and oxygen atoms in total. The van der Waals surface area contributed by atoms with Crippen LogP contribution in [-0.4, -0.2) is 9.55 Å². The van der Waals surface area contributed by atoms with Gasteiger partial charge >= 0.3 is 0 Å². The SMILES string of the molecule is CCc1ccc(Cn2cnc3sc4c(c3c2=O)CCC(C(C)(C)C)C4)cc1. The predicted molar refractivity (Wildman–Crippen MR) is 114 cm³/mol. The topological polar surface area (TPSA) is 34.9 Å². The Balaban J connectivity index is 1.69. The Kier molecular flexibility index (Phi) is 4.71. The molecule has 3 aromatic rings. The number of thiophene rings is 1. The molecule has 0 aliphatic heterocycles. The minimum atomic E-state index is 0.117. The van der Waals surface area contributed by atoms with Crippen LogP contribution in [-0.2, 0) is 25.8 Å². The third-order valence-corrected chi connectivity index (χ3v) is 7.21. The van der Waals surface area contributed by atoms with Gasteiger partial charge in [-0.3, -0.25) is 9.36 Å². The van der Waals surface area contributed by atoms with E-state index in [-0.39, 0.29) is 5.56 Å². The van der Waals surface area contributed by atoms with Gasteiger partial charge in [0.25, 0.3) is 5.56 Å². The first-order valence-electron chi connectivity index (χ1n) is 9.94. The maximum Gasteiger partial charge on any atom is 0.262 e. The second-order valence-electron chi connectivity index (χ2n) is 8.84. The van der Waals surface area contributed by atoms with Crippen LogP contribution < -0.4 is 5.56 Å². The van der Waals surface area contributed by atoms with Crippen LogP contribution in [0.25, 0.3) is 10.2 Å². The van der Waals surface area contributed by atoms with Crippen molar-refractivity contribution in [1.29, 1.82) is 0 Å². The summed E-state index contributed by atoms with van der Waals surface area (Å²) >= 11 is 1.73. The standard InChI is InChI=1S/C23H28N2OS/c1-5-15-6-8-16(9-7-15)13-25-14-24-21-20(22(25)26)18-11-10-17(23(2,3)4)12-19(18)27-21/h6-9,14,17H,5,10-13H2,1-4H3. The molecule has 2 aromatic heterocycles. The summed E-state index contributed by atoms with van der Waals surface area (Å²) in [5, 5.41) is 0.870. The van der Waals surface area contributed by atoms with Crippen LogP contribution in [0, 0.1) is 11.3 Å². The Hall–Kier alpha value is -1.94. The molecule has 0 fully saturated rings. The molecule has 4 rings (SSSR count). The van der Waals surface area contributed by atoms with Crippen molar-refractivity contribution in [3.8, 4) is 0 Å². The first-order valence-corrected chi connectivity index (χ1v) is 10.8. The smallest absolute Gasteiger partial charge is 0.262 e. The van der Waals surface area contributed by atoms with Crippen molar-refractivity contribution in [2.45, 2.75) is 59.9 Å². The van der Waals surface area contributed by atoms with Crippen LogP contribution in [0.2, 0.25) is 0 Å². The molecule has 0 spiro atoms. The molecule has 1 aromatic carbocycles. The van der Waals surface area contributed by atoms with Crippen LogP contribution >= 0.6 is 11.3 Å². The van der Waals surface area contributed by atoms with Crippen LogP contribution in [0.15, 0.2) is 35.4 Å². The summed E-state index contributed by atoms with van der Waals surface area (Å²) in [5.41, 5.74) is 4.16. The van der Waals surface area contributed by atoms with Gasteiger partial charge in [-0.2, -0.15) is 0 Å². The van der Waals surface area contributed by atoms with Crippen LogP contribution in [0.4, 0.5) is 0 Å². The first-order chi connectivity index (χ1) is 12.9. The summed E-state index contributed by atoms with van der Waals surface area (Å²) < 4.78 is 1.77. The third-order valence-electron chi connectivity index (χ3n) is 6.04. The summed E-state index contributed by atoms with van der Waals surface area (Å²) in [7, 11) is 0. The fraction of sp³-hybridized carbons (Fsp3) is 0.478. The van der Waals surface area contributed by atoms with Gasteiger partial charge in [0.2, 0.25) is 0 Å². The van der Waals surface area contributed by atoms with Gasteiger partial charge in [-0.05, 0) is 53.7 Å². The first kappa shape index (κ1) is 18.4. The summed E-state index contributed by atoms with van der Waals surface area (Å²) in [6, 6.07) is 8.52. The van der Waals surface area contributed by atoms with Gasteiger partial charge in [0.1, 0.15) is 4.83 Å². The number of aromatic nitrogens is 2. The Labute approximate surface area is 165 Å². The van der Waals surface area contributed by atoms with E-state index in [0.29, 0.717) is 17.9 Å². The maximum atomic E-state index is 13.2. The van der Waals surface area contributed by atoms with E-state index in [0.717, 1.165) is 41.5 Å². The van der Waals surface area contributed by atoms with Crippen molar-refractivity contribution in [1.82, 2.24) is 9.55 Å². The van der Waals surface area contributed by atoms with Crippen molar-refractivity contribution in [3.05, 3.63) is 62.5 Å². The molecule has 4 heteroatoms. The van der Waals surface area contributed by atoms with Crippen molar-refractivity contribution in [3.63, 3.8) is 0 Å². The highest BCUT2D eigenvalue weighted by atomic mass is 32.1. The van der Waals surface area contributed by atoms with Gasteiger partial charge < -0.3 is 0 Å². The fourth-order valence-electron chi connectivity index (χ4n) is 4.13. The maximum absolute atomic E-state index is 13.2. The number of rotatable bonds is 3. The Morgan fingerprint density at radius 2 is 1.89 bits per heavy atom. The van der Waals surface area contributed by atoms with E-state index < -0.39 is 0 Å². The average molecular weight is 381 g/mol. The lowest BCUT2D eigenvalue weighted by Crippen LogP contribution is -2.27. The lowest BCUT2D eigenvalue weighted by atomic mass is 9.72. The van der Waals surface area contributed by atoms with Gasteiger partial charge in [-0.1, -0.05) is 52.0 Å². The summed E-state index contributed by atoms with van der Waals surface area (Å²) in [6.07, 6.45) is 6.00. The zero-order valence-corrected chi connectivity index (χ0v) is 17.5. The third kappa shape index (κ3) is 3.47. The van der Waals surface area contributed by atoms with Crippen molar-refractivity contribution < 1.29 is 0 Å². The number of fused-ring (bicyclic) bond motifs is 3. The van der Waals surface area contributed by atoms with E-state index in [1.165, 1.54) is 16.0 Å². The molecule has 0 amide bonds. The van der Waals surface area contributed by atoms with Gasteiger partial charge in [0.15, 0.2) is 0 Å². The second-order valence-corrected chi connectivity index (χ2v) is 9.92. The molecule has 2 heterocycles. The molecule has 0 saturated heterocycles. The minimum absolute atomic E-state index is 0.117. The number of hydrogen-bond acceptors (Lipinski definition) is 3. The predicted octanol–water partition coefficient (Wildman–Crippen LogP) is 5.22. The summed E-state index contributed by atoms with van der Waals surface area (Å²) in [6.45, 7) is 9.71. The molecule has 142 valence electrons. The van der Waals surface area contributed by atoms with Gasteiger partial charge in [-0.15, -0.1) is 11.3 Å². The molecular weight excluding hydrogens is 352 g/mol. The highest BCUT2D eigenvalue weighted by Gasteiger charge is 2.31. The minimum Gasteiger partial charge on any atom is -0.294 e. The average Bonchev–Trinajstić information content (AvgIpc) is 3.02. The molecule has 27 heavy (non-hydrogen) atoms. The zero-order chi connectivity index (χ0) is 19.2. The van der Waals surface area contributed by atoms with E-state index in [1.54, 1.807) is 22.2 Å². The molecule has 0 N–H and O–H groups in total. The van der Waals surface area contributed by atoms with E-state index >= 15 is 0 Å². The molecule has 1 atom stereocenters. The number of aryl methyl sites for hydroxylation is 2.